The Bertz CT molecular complexity index is 209. The molecule has 0 N–H and O–H groups in total. The summed E-state index contributed by atoms with van der Waals surface area (Å²) in [7, 11) is 2.28. The summed E-state index contributed by atoms with van der Waals surface area (Å²) in [6, 6.07) is 0. The van der Waals surface area contributed by atoms with Crippen LogP contribution < -0.4 is 0 Å². The van der Waals surface area contributed by atoms with Gasteiger partial charge in [-0.05, 0) is 0 Å². The molecule has 0 bridgehead atoms. The predicted octanol–water partition coefficient (Wildman–Crippen LogP) is 0.249. The first kappa shape index (κ1) is 11.4. The number of methoxy groups -OCH3 is 2. The summed E-state index contributed by atoms with van der Waals surface area (Å²) in [5, 5.41) is 0. The van der Waals surface area contributed by atoms with Gasteiger partial charge in [-0.15, -0.1) is 0 Å². The number of hydrogen-bond donors (Lipinski definition) is 0. The van der Waals surface area contributed by atoms with Gasteiger partial charge in [0.15, 0.2) is 0 Å². The Morgan fingerprint density at radius 2 is 1.46 bits per heavy atom. The SMILES string of the molecule is COC(=O)CCC(=O)OC(=O)OC. The number of carbonyl (C=O) groups is 3. The zero-order chi connectivity index (χ0) is 10.3. The first-order valence-electron chi connectivity index (χ1n) is 3.45. The fourth-order valence-corrected chi connectivity index (χ4v) is 0.492. The molecule has 0 unspecified atom stereocenters. The van der Waals surface area contributed by atoms with Crippen LogP contribution in [-0.4, -0.2) is 32.3 Å². The van der Waals surface area contributed by atoms with E-state index < -0.39 is 18.1 Å². The zero-order valence-electron chi connectivity index (χ0n) is 7.36. The maximum Gasteiger partial charge on any atom is 0.515 e. The number of esters is 2. The molecule has 0 atom stereocenters. The molecule has 0 radical (unpaired) electrons. The first-order valence-corrected chi connectivity index (χ1v) is 3.45. The lowest BCUT2D eigenvalue weighted by molar-refractivity contribution is -0.146. The summed E-state index contributed by atoms with van der Waals surface area (Å²) in [5.41, 5.74) is 0. The maximum atomic E-state index is 10.7. The molecule has 0 saturated heterocycles. The number of carbonyl (C=O) groups excluding carboxylic acids is 3. The molecule has 0 saturated carbocycles. The van der Waals surface area contributed by atoms with Gasteiger partial charge in [0.1, 0.15) is 0 Å². The van der Waals surface area contributed by atoms with Crippen LogP contribution in [0.4, 0.5) is 4.79 Å². The highest BCUT2D eigenvalue weighted by molar-refractivity contribution is 5.84. The van der Waals surface area contributed by atoms with E-state index in [0.29, 0.717) is 0 Å². The average Bonchev–Trinajstić information content (AvgIpc) is 2.13. The molecule has 0 amide bonds. The van der Waals surface area contributed by atoms with Crippen molar-refractivity contribution in [3.05, 3.63) is 0 Å². The van der Waals surface area contributed by atoms with Crippen LogP contribution in [-0.2, 0) is 23.8 Å². The molecule has 0 heterocycles. The van der Waals surface area contributed by atoms with E-state index in [-0.39, 0.29) is 12.8 Å². The lowest BCUT2D eigenvalue weighted by atomic mass is 10.3. The second kappa shape index (κ2) is 5.99. The van der Waals surface area contributed by atoms with E-state index in [0.717, 1.165) is 7.11 Å². The molecule has 0 aromatic heterocycles. The quantitative estimate of drug-likeness (QED) is 0.468. The molecule has 0 aromatic rings. The third-order valence-corrected chi connectivity index (χ3v) is 1.12. The van der Waals surface area contributed by atoms with E-state index in [9.17, 15) is 14.4 Å². The van der Waals surface area contributed by atoms with Crippen LogP contribution in [0.1, 0.15) is 12.8 Å². The van der Waals surface area contributed by atoms with Gasteiger partial charge in [0, 0.05) is 0 Å². The Labute approximate surface area is 74.8 Å². The third kappa shape index (κ3) is 5.66. The lowest BCUT2D eigenvalue weighted by Gasteiger charge is -1.99. The Morgan fingerprint density at radius 1 is 0.923 bits per heavy atom. The summed E-state index contributed by atoms with van der Waals surface area (Å²) in [4.78, 5) is 31.6. The lowest BCUT2D eigenvalue weighted by Crippen LogP contribution is -2.13. The van der Waals surface area contributed by atoms with Crippen molar-refractivity contribution >= 4 is 18.1 Å². The number of rotatable bonds is 3. The van der Waals surface area contributed by atoms with Crippen molar-refractivity contribution < 1.29 is 28.6 Å². The van der Waals surface area contributed by atoms with Crippen LogP contribution in [0.2, 0.25) is 0 Å². The van der Waals surface area contributed by atoms with Gasteiger partial charge in [-0.2, -0.15) is 0 Å². The maximum absolute atomic E-state index is 10.7. The van der Waals surface area contributed by atoms with Crippen LogP contribution in [0.3, 0.4) is 0 Å². The van der Waals surface area contributed by atoms with Crippen LogP contribution in [0.15, 0.2) is 0 Å². The van der Waals surface area contributed by atoms with Crippen molar-refractivity contribution in [3.8, 4) is 0 Å². The van der Waals surface area contributed by atoms with Gasteiger partial charge >= 0.3 is 18.1 Å². The Hall–Kier alpha value is -1.59. The normalized spacial score (nSPS) is 8.77. The van der Waals surface area contributed by atoms with Gasteiger partial charge < -0.3 is 14.2 Å². The van der Waals surface area contributed by atoms with E-state index in [4.69, 9.17) is 0 Å². The molecule has 0 aromatic carbocycles. The van der Waals surface area contributed by atoms with Crippen molar-refractivity contribution in [3.63, 3.8) is 0 Å². The molecule has 74 valence electrons. The largest absolute Gasteiger partial charge is 0.515 e. The van der Waals surface area contributed by atoms with Crippen LogP contribution in [0.5, 0.6) is 0 Å². The Balaban J connectivity index is 3.63. The van der Waals surface area contributed by atoms with Gasteiger partial charge in [-0.1, -0.05) is 0 Å². The topological polar surface area (TPSA) is 78.9 Å². The highest BCUT2D eigenvalue weighted by Crippen LogP contribution is 1.96. The van der Waals surface area contributed by atoms with Gasteiger partial charge in [0.2, 0.25) is 0 Å². The van der Waals surface area contributed by atoms with Gasteiger partial charge in [-0.25, -0.2) is 4.79 Å². The van der Waals surface area contributed by atoms with Gasteiger partial charge in [0.05, 0.1) is 27.1 Å². The molecular formula is C7H10O6. The number of ether oxygens (including phenoxy) is 3. The standard InChI is InChI=1S/C7H10O6/c1-11-5(8)3-4-6(9)13-7(10)12-2/h3-4H2,1-2H3. The van der Waals surface area contributed by atoms with Gasteiger partial charge in [-0.3, -0.25) is 9.59 Å². The van der Waals surface area contributed by atoms with E-state index in [2.05, 4.69) is 14.2 Å². The second-order valence-electron chi connectivity index (χ2n) is 2.00. The number of hydrogen-bond acceptors (Lipinski definition) is 6. The minimum atomic E-state index is -1.09. The van der Waals surface area contributed by atoms with Crippen LogP contribution in [0.25, 0.3) is 0 Å². The smallest absolute Gasteiger partial charge is 0.469 e. The minimum Gasteiger partial charge on any atom is -0.469 e. The van der Waals surface area contributed by atoms with Crippen molar-refractivity contribution in [2.24, 2.45) is 0 Å². The summed E-state index contributed by atoms with van der Waals surface area (Å²) < 4.78 is 12.4. The average molecular weight is 190 g/mol. The molecular weight excluding hydrogens is 180 g/mol. The molecule has 13 heavy (non-hydrogen) atoms. The van der Waals surface area contributed by atoms with Crippen molar-refractivity contribution in [1.82, 2.24) is 0 Å². The van der Waals surface area contributed by atoms with Crippen LogP contribution >= 0.6 is 0 Å². The van der Waals surface area contributed by atoms with Crippen molar-refractivity contribution in [2.75, 3.05) is 14.2 Å². The molecule has 0 aliphatic rings. The summed E-state index contributed by atoms with van der Waals surface area (Å²) in [6.45, 7) is 0. The Kier molecular flexibility index (Phi) is 5.25. The fraction of sp³-hybridized carbons (Fsp3) is 0.571. The summed E-state index contributed by atoms with van der Waals surface area (Å²) in [5.74, 6) is -1.36. The molecule has 6 nitrogen and oxygen atoms in total. The van der Waals surface area contributed by atoms with E-state index >= 15 is 0 Å². The molecule has 0 aliphatic carbocycles. The first-order chi connectivity index (χ1) is 6.10. The fourth-order valence-electron chi connectivity index (χ4n) is 0.492. The highest BCUT2D eigenvalue weighted by Gasteiger charge is 2.12. The van der Waals surface area contributed by atoms with E-state index in [1.54, 1.807) is 0 Å². The van der Waals surface area contributed by atoms with E-state index in [1.807, 2.05) is 0 Å². The minimum absolute atomic E-state index is 0.119. The zero-order valence-corrected chi connectivity index (χ0v) is 7.36. The van der Waals surface area contributed by atoms with Crippen LogP contribution in [0, 0.1) is 0 Å². The monoisotopic (exact) mass is 190 g/mol. The molecule has 0 spiro atoms. The van der Waals surface area contributed by atoms with E-state index in [1.165, 1.54) is 7.11 Å². The van der Waals surface area contributed by atoms with Crippen molar-refractivity contribution in [1.29, 1.82) is 0 Å². The molecule has 0 fully saturated rings. The predicted molar refractivity (Wildman–Crippen MR) is 39.7 cm³/mol. The van der Waals surface area contributed by atoms with Gasteiger partial charge in [0.25, 0.3) is 0 Å². The highest BCUT2D eigenvalue weighted by atomic mass is 16.7. The van der Waals surface area contributed by atoms with Crippen molar-refractivity contribution in [2.45, 2.75) is 12.8 Å². The third-order valence-electron chi connectivity index (χ3n) is 1.12. The molecule has 0 aliphatic heterocycles. The second-order valence-corrected chi connectivity index (χ2v) is 2.00. The summed E-state index contributed by atoms with van der Waals surface area (Å²) in [6.07, 6.45) is -1.41. The summed E-state index contributed by atoms with van der Waals surface area (Å²) >= 11 is 0. The molecule has 0 rings (SSSR count). The molecule has 6 heteroatoms. The Morgan fingerprint density at radius 3 is 1.92 bits per heavy atom.